The summed E-state index contributed by atoms with van der Waals surface area (Å²) in [4.78, 5) is 4.39. The molecule has 1 atom stereocenters. The molecule has 4 heteroatoms. The van der Waals surface area contributed by atoms with Crippen LogP contribution in [0.1, 0.15) is 32.4 Å². The summed E-state index contributed by atoms with van der Waals surface area (Å²) in [6.07, 6.45) is 6.59. The molecular formula is C13H25N3O. The zero-order chi connectivity index (χ0) is 12.5. The van der Waals surface area contributed by atoms with Gasteiger partial charge in [-0.05, 0) is 12.3 Å². The third kappa shape index (κ3) is 5.84. The zero-order valence-electron chi connectivity index (χ0n) is 11.3. The van der Waals surface area contributed by atoms with Crippen LogP contribution in [0.3, 0.4) is 0 Å². The van der Waals surface area contributed by atoms with Crippen LogP contribution < -0.4 is 5.32 Å². The minimum absolute atomic E-state index is 0.725. The van der Waals surface area contributed by atoms with E-state index in [-0.39, 0.29) is 0 Å². The van der Waals surface area contributed by atoms with Crippen LogP contribution in [0.5, 0.6) is 0 Å². The van der Waals surface area contributed by atoms with E-state index in [1.165, 1.54) is 12.8 Å². The Kier molecular flexibility index (Phi) is 6.89. The van der Waals surface area contributed by atoms with Gasteiger partial charge in [-0.15, -0.1) is 0 Å². The van der Waals surface area contributed by atoms with Crippen molar-refractivity contribution in [1.29, 1.82) is 0 Å². The van der Waals surface area contributed by atoms with Gasteiger partial charge in [0.25, 0.3) is 0 Å². The number of hydrogen-bond donors (Lipinski definition) is 1. The van der Waals surface area contributed by atoms with E-state index in [4.69, 9.17) is 4.74 Å². The second-order valence-corrected chi connectivity index (χ2v) is 4.63. The smallest absolute Gasteiger partial charge is 0.0950 e. The molecule has 0 saturated heterocycles. The second-order valence-electron chi connectivity index (χ2n) is 4.63. The van der Waals surface area contributed by atoms with Gasteiger partial charge >= 0.3 is 0 Å². The van der Waals surface area contributed by atoms with Crippen LogP contribution in [0.2, 0.25) is 0 Å². The van der Waals surface area contributed by atoms with Crippen molar-refractivity contribution in [2.45, 2.75) is 39.8 Å². The lowest BCUT2D eigenvalue weighted by Crippen LogP contribution is -2.18. The molecule has 98 valence electrons. The average Bonchev–Trinajstić information content (AvgIpc) is 2.72. The van der Waals surface area contributed by atoms with E-state index >= 15 is 0 Å². The number of imidazole rings is 1. The van der Waals surface area contributed by atoms with Gasteiger partial charge in [-0.3, -0.25) is 0 Å². The van der Waals surface area contributed by atoms with Crippen molar-refractivity contribution in [2.24, 2.45) is 5.92 Å². The van der Waals surface area contributed by atoms with Crippen molar-refractivity contribution in [3.05, 3.63) is 18.2 Å². The van der Waals surface area contributed by atoms with E-state index in [0.29, 0.717) is 0 Å². The van der Waals surface area contributed by atoms with Gasteiger partial charge in [-0.2, -0.15) is 0 Å². The highest BCUT2D eigenvalue weighted by Crippen LogP contribution is 2.08. The molecule has 1 aromatic rings. The molecule has 17 heavy (non-hydrogen) atoms. The van der Waals surface area contributed by atoms with Crippen LogP contribution >= 0.6 is 0 Å². The van der Waals surface area contributed by atoms with E-state index in [2.05, 4.69) is 34.9 Å². The molecule has 1 N–H and O–H groups in total. The van der Waals surface area contributed by atoms with E-state index in [0.717, 1.165) is 37.9 Å². The summed E-state index contributed by atoms with van der Waals surface area (Å²) >= 11 is 0. The van der Waals surface area contributed by atoms with E-state index in [9.17, 15) is 0 Å². The maximum absolute atomic E-state index is 4.98. The zero-order valence-corrected chi connectivity index (χ0v) is 11.3. The monoisotopic (exact) mass is 239 g/mol. The first-order chi connectivity index (χ1) is 8.26. The number of methoxy groups -OCH3 is 1. The summed E-state index contributed by atoms with van der Waals surface area (Å²) in [5.41, 5.74) is 1.10. The molecule has 4 nitrogen and oxygen atoms in total. The standard InChI is InChI=1S/C13H25N3O/c1-4-5-12(2)9-16-10-13(15-11-16)8-14-6-7-17-3/h10-12,14H,4-9H2,1-3H3. The molecule has 0 fully saturated rings. The first kappa shape index (κ1) is 14.2. The summed E-state index contributed by atoms with van der Waals surface area (Å²) in [7, 11) is 1.71. The van der Waals surface area contributed by atoms with Crippen LogP contribution in [-0.4, -0.2) is 29.8 Å². The largest absolute Gasteiger partial charge is 0.383 e. The summed E-state index contributed by atoms with van der Waals surface area (Å²) in [5.74, 6) is 0.725. The average molecular weight is 239 g/mol. The Morgan fingerprint density at radius 1 is 1.53 bits per heavy atom. The molecule has 1 rings (SSSR count). The molecule has 0 spiro atoms. The minimum Gasteiger partial charge on any atom is -0.383 e. The quantitative estimate of drug-likeness (QED) is 0.670. The van der Waals surface area contributed by atoms with Gasteiger partial charge in [0, 0.05) is 32.9 Å². The van der Waals surface area contributed by atoms with Gasteiger partial charge in [0.15, 0.2) is 0 Å². The maximum atomic E-state index is 4.98. The first-order valence-electron chi connectivity index (χ1n) is 6.46. The Morgan fingerprint density at radius 2 is 2.35 bits per heavy atom. The highest BCUT2D eigenvalue weighted by atomic mass is 16.5. The Labute approximate surface area is 104 Å². The predicted octanol–water partition coefficient (Wildman–Crippen LogP) is 2.06. The Bertz CT molecular complexity index is 299. The highest BCUT2D eigenvalue weighted by Gasteiger charge is 2.03. The molecular weight excluding hydrogens is 214 g/mol. The number of rotatable bonds is 9. The predicted molar refractivity (Wildman–Crippen MR) is 69.9 cm³/mol. The van der Waals surface area contributed by atoms with Gasteiger partial charge in [0.1, 0.15) is 0 Å². The Hall–Kier alpha value is -0.870. The van der Waals surface area contributed by atoms with Gasteiger partial charge in [0.2, 0.25) is 0 Å². The fraction of sp³-hybridized carbons (Fsp3) is 0.769. The number of ether oxygens (including phenoxy) is 1. The highest BCUT2D eigenvalue weighted by molar-refractivity contribution is 4.96. The third-order valence-corrected chi connectivity index (χ3v) is 2.78. The summed E-state index contributed by atoms with van der Waals surface area (Å²) in [6, 6.07) is 0. The molecule has 0 aliphatic carbocycles. The van der Waals surface area contributed by atoms with Crippen LogP contribution in [0.25, 0.3) is 0 Å². The van der Waals surface area contributed by atoms with Gasteiger partial charge in [-0.25, -0.2) is 4.98 Å². The molecule has 0 aromatic carbocycles. The van der Waals surface area contributed by atoms with E-state index in [1.54, 1.807) is 7.11 Å². The van der Waals surface area contributed by atoms with Crippen LogP contribution in [-0.2, 0) is 17.8 Å². The molecule has 0 aliphatic rings. The molecule has 0 aliphatic heterocycles. The van der Waals surface area contributed by atoms with Gasteiger partial charge in [0.05, 0.1) is 18.6 Å². The number of nitrogens with one attached hydrogen (secondary N) is 1. The van der Waals surface area contributed by atoms with Gasteiger partial charge in [-0.1, -0.05) is 20.3 Å². The molecule has 1 heterocycles. The Balaban J connectivity index is 2.27. The summed E-state index contributed by atoms with van der Waals surface area (Å²) < 4.78 is 7.16. The molecule has 1 aromatic heterocycles. The minimum atomic E-state index is 0.725. The third-order valence-electron chi connectivity index (χ3n) is 2.78. The molecule has 0 amide bonds. The van der Waals surface area contributed by atoms with Crippen LogP contribution in [0, 0.1) is 5.92 Å². The van der Waals surface area contributed by atoms with Gasteiger partial charge < -0.3 is 14.6 Å². The number of nitrogens with zero attached hydrogens (tertiary/aromatic N) is 2. The molecule has 1 unspecified atom stereocenters. The van der Waals surface area contributed by atoms with Crippen molar-refractivity contribution >= 4 is 0 Å². The normalized spacial score (nSPS) is 12.9. The SMILES string of the molecule is CCCC(C)Cn1cnc(CNCCOC)c1. The fourth-order valence-electron chi connectivity index (χ4n) is 1.93. The molecule has 0 saturated carbocycles. The lowest BCUT2D eigenvalue weighted by molar-refractivity contribution is 0.199. The van der Waals surface area contributed by atoms with Crippen molar-refractivity contribution in [1.82, 2.24) is 14.9 Å². The van der Waals surface area contributed by atoms with Crippen molar-refractivity contribution < 1.29 is 4.74 Å². The fourth-order valence-corrected chi connectivity index (χ4v) is 1.93. The molecule has 0 bridgehead atoms. The molecule has 0 radical (unpaired) electrons. The lowest BCUT2D eigenvalue weighted by Gasteiger charge is -2.09. The van der Waals surface area contributed by atoms with Crippen LogP contribution in [0.15, 0.2) is 12.5 Å². The summed E-state index contributed by atoms with van der Waals surface area (Å²) in [5, 5.41) is 3.29. The lowest BCUT2D eigenvalue weighted by atomic mass is 10.1. The topological polar surface area (TPSA) is 39.1 Å². The Morgan fingerprint density at radius 3 is 3.06 bits per heavy atom. The van der Waals surface area contributed by atoms with Crippen molar-refractivity contribution in [2.75, 3.05) is 20.3 Å². The first-order valence-corrected chi connectivity index (χ1v) is 6.46. The number of aromatic nitrogens is 2. The second kappa shape index (κ2) is 8.25. The summed E-state index contributed by atoms with van der Waals surface area (Å²) in [6.45, 7) is 8.02. The van der Waals surface area contributed by atoms with Crippen molar-refractivity contribution in [3.8, 4) is 0 Å². The van der Waals surface area contributed by atoms with E-state index in [1.807, 2.05) is 6.33 Å². The van der Waals surface area contributed by atoms with Crippen LogP contribution in [0.4, 0.5) is 0 Å². The van der Waals surface area contributed by atoms with Crippen molar-refractivity contribution in [3.63, 3.8) is 0 Å². The number of hydrogen-bond acceptors (Lipinski definition) is 3. The maximum Gasteiger partial charge on any atom is 0.0950 e. The van der Waals surface area contributed by atoms with E-state index < -0.39 is 0 Å².